The van der Waals surface area contributed by atoms with E-state index in [4.69, 9.17) is 0 Å². The Labute approximate surface area is 251 Å². The Hall–Kier alpha value is -3.92. The van der Waals surface area contributed by atoms with E-state index in [0.717, 1.165) is 57.3 Å². The SMILES string of the molecule is Cc1cc(C(C)(CCC(C)(c2ccc(O)c(C(C)C)c2)c2ccc(O)c(C(C)C)c2)c2ccc(O)c(C)c2)ccc1O. The van der Waals surface area contributed by atoms with Gasteiger partial charge in [-0.2, -0.15) is 0 Å². The van der Waals surface area contributed by atoms with Crippen molar-refractivity contribution in [3.8, 4) is 23.0 Å². The van der Waals surface area contributed by atoms with Crippen LogP contribution in [0.5, 0.6) is 23.0 Å². The smallest absolute Gasteiger partial charge is 0.119 e. The summed E-state index contributed by atoms with van der Waals surface area (Å²) >= 11 is 0. The second kappa shape index (κ2) is 11.8. The van der Waals surface area contributed by atoms with Gasteiger partial charge >= 0.3 is 0 Å². The van der Waals surface area contributed by atoms with Crippen LogP contribution in [0.25, 0.3) is 0 Å². The van der Waals surface area contributed by atoms with E-state index in [1.807, 2.05) is 38.1 Å². The van der Waals surface area contributed by atoms with Gasteiger partial charge in [-0.15, -0.1) is 0 Å². The molecule has 0 atom stereocenters. The average Bonchev–Trinajstić information content (AvgIpc) is 2.94. The van der Waals surface area contributed by atoms with E-state index in [1.54, 1.807) is 24.3 Å². The predicted octanol–water partition coefficient (Wildman–Crippen LogP) is 9.47. The molecular weight excluding hydrogens is 520 g/mol. The zero-order valence-corrected chi connectivity index (χ0v) is 26.3. The molecule has 0 aliphatic heterocycles. The van der Waals surface area contributed by atoms with Crippen LogP contribution in [0, 0.1) is 13.8 Å². The second-order valence-corrected chi connectivity index (χ2v) is 13.0. The van der Waals surface area contributed by atoms with Crippen molar-refractivity contribution in [2.75, 3.05) is 0 Å². The Bertz CT molecular complexity index is 1470. The molecule has 4 N–H and O–H groups in total. The summed E-state index contributed by atoms with van der Waals surface area (Å²) in [6.45, 7) is 16.7. The van der Waals surface area contributed by atoms with Crippen LogP contribution in [0.4, 0.5) is 0 Å². The van der Waals surface area contributed by atoms with E-state index in [1.165, 1.54) is 0 Å². The maximum atomic E-state index is 10.7. The van der Waals surface area contributed by atoms with E-state index in [-0.39, 0.29) is 23.3 Å². The lowest BCUT2D eigenvalue weighted by Crippen LogP contribution is -2.31. The first-order chi connectivity index (χ1) is 19.7. The molecule has 42 heavy (non-hydrogen) atoms. The number of rotatable bonds is 9. The summed E-state index contributed by atoms with van der Waals surface area (Å²) in [6.07, 6.45) is 1.52. The van der Waals surface area contributed by atoms with Crippen molar-refractivity contribution < 1.29 is 20.4 Å². The summed E-state index contributed by atoms with van der Waals surface area (Å²) in [6, 6.07) is 23.6. The fourth-order valence-electron chi connectivity index (χ4n) is 6.13. The highest BCUT2D eigenvalue weighted by molar-refractivity contribution is 5.51. The lowest BCUT2D eigenvalue weighted by molar-refractivity contribution is 0.408. The van der Waals surface area contributed by atoms with Crippen molar-refractivity contribution in [1.82, 2.24) is 0 Å². The third-order valence-electron chi connectivity index (χ3n) is 9.37. The summed E-state index contributed by atoms with van der Waals surface area (Å²) in [5.74, 6) is 1.45. The molecule has 4 rings (SSSR count). The molecule has 0 aliphatic carbocycles. The molecule has 222 valence electrons. The van der Waals surface area contributed by atoms with Crippen LogP contribution in [-0.2, 0) is 10.8 Å². The molecule has 4 nitrogen and oxygen atoms in total. The summed E-state index contributed by atoms with van der Waals surface area (Å²) in [7, 11) is 0. The summed E-state index contributed by atoms with van der Waals surface area (Å²) in [4.78, 5) is 0. The van der Waals surface area contributed by atoms with Gasteiger partial charge in [0, 0.05) is 10.8 Å². The van der Waals surface area contributed by atoms with Gasteiger partial charge in [-0.05, 0) is 107 Å². The first-order valence-electron chi connectivity index (χ1n) is 14.9. The average molecular weight is 567 g/mol. The lowest BCUT2D eigenvalue weighted by Gasteiger charge is -2.38. The minimum absolute atomic E-state index is 0.158. The Morgan fingerprint density at radius 3 is 1.05 bits per heavy atom. The molecule has 0 aliphatic rings. The first-order valence-corrected chi connectivity index (χ1v) is 14.9. The molecule has 4 aromatic carbocycles. The van der Waals surface area contributed by atoms with Gasteiger partial charge in [0.15, 0.2) is 0 Å². The molecule has 0 bridgehead atoms. The third-order valence-corrected chi connectivity index (χ3v) is 9.37. The van der Waals surface area contributed by atoms with Crippen molar-refractivity contribution in [3.05, 3.63) is 117 Å². The second-order valence-electron chi connectivity index (χ2n) is 13.0. The Morgan fingerprint density at radius 1 is 0.476 bits per heavy atom. The standard InChI is InChI=1S/C38H46O4/c1-23(2)31-21-29(11-15-35(31)41)38(8,30-12-16-36(42)32(22-30)24(3)4)18-17-37(7,27-9-13-33(39)25(5)19-27)28-10-14-34(40)26(6)20-28/h9-16,19-24,39-42H,17-18H2,1-8H3. The van der Waals surface area contributed by atoms with Crippen molar-refractivity contribution in [2.45, 2.75) is 90.9 Å². The van der Waals surface area contributed by atoms with Crippen molar-refractivity contribution >= 4 is 0 Å². The van der Waals surface area contributed by atoms with E-state index in [2.05, 4.69) is 65.8 Å². The number of benzene rings is 4. The Balaban J connectivity index is 1.92. The summed E-state index contributed by atoms with van der Waals surface area (Å²) < 4.78 is 0. The zero-order valence-electron chi connectivity index (χ0n) is 26.3. The normalized spacial score (nSPS) is 12.3. The fourth-order valence-corrected chi connectivity index (χ4v) is 6.13. The quantitative estimate of drug-likeness (QED) is 0.163. The highest BCUT2D eigenvalue weighted by Gasteiger charge is 2.37. The molecule has 0 heterocycles. The molecule has 0 amide bonds. The number of hydrogen-bond donors (Lipinski definition) is 4. The minimum atomic E-state index is -0.451. The predicted molar refractivity (Wildman–Crippen MR) is 172 cm³/mol. The van der Waals surface area contributed by atoms with Crippen LogP contribution in [0.3, 0.4) is 0 Å². The minimum Gasteiger partial charge on any atom is -0.508 e. The summed E-state index contributed by atoms with van der Waals surface area (Å²) in [5.41, 5.74) is 6.96. The van der Waals surface area contributed by atoms with Crippen LogP contribution in [-0.4, -0.2) is 20.4 Å². The molecule has 0 fully saturated rings. The molecule has 4 heteroatoms. The molecule has 0 saturated heterocycles. The van der Waals surface area contributed by atoms with Gasteiger partial charge in [-0.1, -0.05) is 90.1 Å². The van der Waals surface area contributed by atoms with Gasteiger partial charge in [0.1, 0.15) is 23.0 Å². The van der Waals surface area contributed by atoms with E-state index >= 15 is 0 Å². The largest absolute Gasteiger partial charge is 0.508 e. The van der Waals surface area contributed by atoms with E-state index in [0.29, 0.717) is 11.5 Å². The van der Waals surface area contributed by atoms with Crippen LogP contribution >= 0.6 is 0 Å². The molecule has 0 radical (unpaired) electrons. The van der Waals surface area contributed by atoms with Gasteiger partial charge in [0.05, 0.1) is 0 Å². The van der Waals surface area contributed by atoms with Crippen molar-refractivity contribution in [1.29, 1.82) is 0 Å². The van der Waals surface area contributed by atoms with Crippen LogP contribution in [0.2, 0.25) is 0 Å². The molecule has 0 spiro atoms. The van der Waals surface area contributed by atoms with Crippen LogP contribution < -0.4 is 0 Å². The van der Waals surface area contributed by atoms with Gasteiger partial charge < -0.3 is 20.4 Å². The maximum Gasteiger partial charge on any atom is 0.119 e. The van der Waals surface area contributed by atoms with Crippen LogP contribution in [0.1, 0.15) is 111 Å². The number of aromatic hydroxyl groups is 4. The van der Waals surface area contributed by atoms with Gasteiger partial charge in [-0.25, -0.2) is 0 Å². The monoisotopic (exact) mass is 566 g/mol. The maximum absolute atomic E-state index is 10.7. The first kappa shape index (κ1) is 31.0. The van der Waals surface area contributed by atoms with Gasteiger partial charge in [0.25, 0.3) is 0 Å². The number of aryl methyl sites for hydroxylation is 2. The topological polar surface area (TPSA) is 80.9 Å². The third kappa shape index (κ3) is 5.86. The highest BCUT2D eigenvalue weighted by Crippen LogP contribution is 2.47. The van der Waals surface area contributed by atoms with E-state index in [9.17, 15) is 20.4 Å². The van der Waals surface area contributed by atoms with Crippen molar-refractivity contribution in [2.24, 2.45) is 0 Å². The molecule has 4 aromatic rings. The van der Waals surface area contributed by atoms with Crippen LogP contribution in [0.15, 0.2) is 72.8 Å². The fraction of sp³-hybridized carbons (Fsp3) is 0.368. The highest BCUT2D eigenvalue weighted by atomic mass is 16.3. The zero-order chi connectivity index (χ0) is 31.0. The lowest BCUT2D eigenvalue weighted by atomic mass is 9.65. The van der Waals surface area contributed by atoms with Gasteiger partial charge in [-0.3, -0.25) is 0 Å². The Morgan fingerprint density at radius 2 is 0.762 bits per heavy atom. The number of hydrogen-bond acceptors (Lipinski definition) is 4. The molecule has 0 unspecified atom stereocenters. The van der Waals surface area contributed by atoms with Gasteiger partial charge in [0.2, 0.25) is 0 Å². The van der Waals surface area contributed by atoms with Crippen molar-refractivity contribution in [3.63, 3.8) is 0 Å². The summed E-state index contributed by atoms with van der Waals surface area (Å²) in [5, 5.41) is 42.0. The Kier molecular flexibility index (Phi) is 8.68. The molecule has 0 aromatic heterocycles. The van der Waals surface area contributed by atoms with E-state index < -0.39 is 10.8 Å². The molecule has 0 saturated carbocycles. The number of phenolic OH excluding ortho intramolecular Hbond substituents is 4. The molecular formula is C38H46O4. The number of phenols is 4.